The Kier molecular flexibility index (Phi) is 7.52. The summed E-state index contributed by atoms with van der Waals surface area (Å²) in [6.07, 6.45) is 1.59. The number of carbonyl (C=O) groups is 4. The number of nitrogens with zero attached hydrogens (tertiary/aromatic N) is 4. The summed E-state index contributed by atoms with van der Waals surface area (Å²) in [5, 5.41) is 2.60. The summed E-state index contributed by atoms with van der Waals surface area (Å²) in [5.74, 6) is -0.309. The number of nitrogens with one attached hydrogen (secondary N) is 1. The first kappa shape index (κ1) is 25.4. The van der Waals surface area contributed by atoms with Crippen LogP contribution in [0.5, 0.6) is 0 Å². The lowest BCUT2D eigenvalue weighted by molar-refractivity contribution is -0.149. The number of primary amides is 1. The van der Waals surface area contributed by atoms with Crippen molar-refractivity contribution in [1.82, 2.24) is 19.4 Å². The maximum absolute atomic E-state index is 12.6. The van der Waals surface area contributed by atoms with Crippen molar-refractivity contribution in [3.05, 3.63) is 52.1 Å². The second-order valence-electron chi connectivity index (χ2n) is 8.59. The van der Waals surface area contributed by atoms with E-state index in [1.165, 1.54) is 40.5 Å². The van der Waals surface area contributed by atoms with E-state index in [4.69, 9.17) is 10.5 Å². The number of aldehydes is 1. The Hall–Kier alpha value is -4.22. The molecule has 0 radical (unpaired) electrons. The first-order valence-electron chi connectivity index (χ1n) is 11.0. The van der Waals surface area contributed by atoms with Gasteiger partial charge in [-0.05, 0) is 50.1 Å². The van der Waals surface area contributed by atoms with Gasteiger partial charge in [0.2, 0.25) is 0 Å². The molecule has 1 aliphatic rings. The van der Waals surface area contributed by atoms with Crippen molar-refractivity contribution in [2.24, 2.45) is 5.73 Å². The van der Waals surface area contributed by atoms with Crippen molar-refractivity contribution in [2.45, 2.75) is 32.8 Å². The minimum absolute atomic E-state index is 0.0973. The molecule has 0 saturated carbocycles. The smallest absolute Gasteiger partial charge is 0.405 e. The van der Waals surface area contributed by atoms with Crippen LogP contribution >= 0.6 is 0 Å². The molecular weight excluding hydrogens is 456 g/mol. The van der Waals surface area contributed by atoms with Gasteiger partial charge in [-0.1, -0.05) is 6.07 Å². The predicted molar refractivity (Wildman–Crippen MR) is 126 cm³/mol. The number of nitrogens with two attached hydrogens (primary N) is 1. The summed E-state index contributed by atoms with van der Waals surface area (Å²) in [4.78, 5) is 66.5. The highest BCUT2D eigenvalue weighted by molar-refractivity contribution is 5.89. The number of urea groups is 1. The summed E-state index contributed by atoms with van der Waals surface area (Å²) >= 11 is 0. The Morgan fingerprint density at radius 2 is 1.80 bits per heavy atom. The fourth-order valence-electron chi connectivity index (χ4n) is 3.80. The van der Waals surface area contributed by atoms with Gasteiger partial charge in [0.1, 0.15) is 12.1 Å². The highest BCUT2D eigenvalue weighted by Gasteiger charge is 2.37. The van der Waals surface area contributed by atoms with Crippen molar-refractivity contribution in [3.8, 4) is 5.69 Å². The molecule has 0 spiro atoms. The molecule has 2 heterocycles. The summed E-state index contributed by atoms with van der Waals surface area (Å²) in [6.45, 7) is 5.73. The highest BCUT2D eigenvalue weighted by atomic mass is 16.6. The van der Waals surface area contributed by atoms with Gasteiger partial charge in [-0.15, -0.1) is 0 Å². The lowest BCUT2D eigenvalue weighted by Gasteiger charge is -2.37. The Balaban J connectivity index is 1.61. The van der Waals surface area contributed by atoms with Crippen molar-refractivity contribution < 1.29 is 23.9 Å². The molecular formula is C23H28N6O6. The van der Waals surface area contributed by atoms with Gasteiger partial charge >= 0.3 is 17.8 Å². The van der Waals surface area contributed by atoms with E-state index >= 15 is 0 Å². The molecule has 1 aromatic heterocycles. The molecule has 3 N–H and O–H groups in total. The zero-order chi connectivity index (χ0) is 25.8. The maximum Gasteiger partial charge on any atom is 0.405 e. The van der Waals surface area contributed by atoms with Crippen LogP contribution in [0.4, 0.5) is 15.4 Å². The van der Waals surface area contributed by atoms with Gasteiger partial charge in [0.25, 0.3) is 5.91 Å². The SMILES string of the molecule is Cc1cc(-n2ccc(NC(=O)N3CCN(C(=O)C(C)(C)OC(N)=O)CC3)nc2=O)ccc1CC=O. The van der Waals surface area contributed by atoms with Crippen LogP contribution in [0, 0.1) is 6.92 Å². The number of benzene rings is 1. The van der Waals surface area contributed by atoms with E-state index in [1.54, 1.807) is 18.2 Å². The van der Waals surface area contributed by atoms with Crippen molar-refractivity contribution >= 4 is 30.1 Å². The Morgan fingerprint density at radius 3 is 2.37 bits per heavy atom. The molecule has 0 atom stereocenters. The van der Waals surface area contributed by atoms with Gasteiger partial charge in [0, 0.05) is 38.8 Å². The van der Waals surface area contributed by atoms with Gasteiger partial charge in [-0.2, -0.15) is 4.98 Å². The largest absolute Gasteiger partial charge is 0.434 e. The predicted octanol–water partition coefficient (Wildman–Crippen LogP) is 0.832. The summed E-state index contributed by atoms with van der Waals surface area (Å²) in [6, 6.07) is 6.35. The van der Waals surface area contributed by atoms with Crippen LogP contribution in [0.2, 0.25) is 0 Å². The number of anilines is 1. The molecule has 0 bridgehead atoms. The summed E-state index contributed by atoms with van der Waals surface area (Å²) in [7, 11) is 0. The molecule has 1 aromatic carbocycles. The quantitative estimate of drug-likeness (QED) is 0.575. The number of aryl methyl sites for hydroxylation is 1. The number of amides is 4. The van der Waals surface area contributed by atoms with Crippen LogP contribution < -0.4 is 16.7 Å². The standard InChI is InChI=1S/C23H28N6O6/c1-15-14-17(5-4-16(15)7-13-30)29-8-6-18(26-22(29)34)25-21(33)28-11-9-27(10-12-28)19(31)23(2,3)35-20(24)32/h4-6,8,13-14H,7,9-12H2,1-3H3,(H2,24,32)(H,25,26,33,34). The van der Waals surface area contributed by atoms with Crippen molar-refractivity contribution in [2.75, 3.05) is 31.5 Å². The molecule has 4 amide bonds. The number of piperazine rings is 1. The summed E-state index contributed by atoms with van der Waals surface area (Å²) < 4.78 is 6.22. The zero-order valence-corrected chi connectivity index (χ0v) is 19.8. The Morgan fingerprint density at radius 1 is 1.14 bits per heavy atom. The van der Waals surface area contributed by atoms with Crippen LogP contribution in [0.3, 0.4) is 0 Å². The third-order valence-electron chi connectivity index (χ3n) is 5.67. The molecule has 0 unspecified atom stereocenters. The average molecular weight is 485 g/mol. The van der Waals surface area contributed by atoms with Crippen LogP contribution in [-0.2, 0) is 20.7 Å². The van der Waals surface area contributed by atoms with Crippen molar-refractivity contribution in [1.29, 1.82) is 0 Å². The average Bonchev–Trinajstić information content (AvgIpc) is 2.79. The number of ether oxygens (including phenoxy) is 1. The number of hydrogen-bond acceptors (Lipinski definition) is 7. The van der Waals surface area contributed by atoms with Crippen LogP contribution in [0.15, 0.2) is 35.3 Å². The minimum Gasteiger partial charge on any atom is -0.434 e. The molecule has 3 rings (SSSR count). The Bertz CT molecular complexity index is 1200. The number of carbonyl (C=O) groups excluding carboxylic acids is 4. The van der Waals surface area contributed by atoms with E-state index < -0.39 is 29.3 Å². The monoisotopic (exact) mass is 484 g/mol. The van der Waals surface area contributed by atoms with E-state index in [0.717, 1.165) is 17.4 Å². The first-order chi connectivity index (χ1) is 16.5. The third kappa shape index (κ3) is 6.02. The highest BCUT2D eigenvalue weighted by Crippen LogP contribution is 2.17. The first-order valence-corrected chi connectivity index (χ1v) is 11.0. The van der Waals surface area contributed by atoms with E-state index in [0.29, 0.717) is 12.1 Å². The van der Waals surface area contributed by atoms with E-state index in [2.05, 4.69) is 10.3 Å². The third-order valence-corrected chi connectivity index (χ3v) is 5.67. The van der Waals surface area contributed by atoms with Gasteiger partial charge in [0.05, 0.1) is 5.69 Å². The van der Waals surface area contributed by atoms with E-state index in [9.17, 15) is 24.0 Å². The topological polar surface area (TPSA) is 157 Å². The van der Waals surface area contributed by atoms with Gasteiger partial charge in [-0.3, -0.25) is 14.7 Å². The van der Waals surface area contributed by atoms with Gasteiger partial charge in [-0.25, -0.2) is 14.4 Å². The Labute approximate surface area is 201 Å². The van der Waals surface area contributed by atoms with Gasteiger partial charge < -0.3 is 25.1 Å². The second kappa shape index (κ2) is 10.4. The maximum atomic E-state index is 12.6. The van der Waals surface area contributed by atoms with Gasteiger partial charge in [0.15, 0.2) is 5.60 Å². The molecule has 35 heavy (non-hydrogen) atoms. The summed E-state index contributed by atoms with van der Waals surface area (Å²) in [5.41, 5.74) is 5.39. The fraction of sp³-hybridized carbons (Fsp3) is 0.391. The fourth-order valence-corrected chi connectivity index (χ4v) is 3.80. The number of aromatic nitrogens is 2. The molecule has 1 aliphatic heterocycles. The van der Waals surface area contributed by atoms with Crippen LogP contribution in [0.25, 0.3) is 5.69 Å². The normalized spacial score (nSPS) is 13.8. The molecule has 1 saturated heterocycles. The molecule has 186 valence electrons. The van der Waals surface area contributed by atoms with E-state index in [1.807, 2.05) is 6.92 Å². The number of rotatable bonds is 6. The van der Waals surface area contributed by atoms with E-state index in [-0.39, 0.29) is 32.0 Å². The lowest BCUT2D eigenvalue weighted by atomic mass is 10.1. The second-order valence-corrected chi connectivity index (χ2v) is 8.59. The molecule has 1 fully saturated rings. The molecule has 0 aliphatic carbocycles. The molecule has 12 heteroatoms. The lowest BCUT2D eigenvalue weighted by Crippen LogP contribution is -2.56. The van der Waals surface area contributed by atoms with Crippen LogP contribution in [0.1, 0.15) is 25.0 Å². The minimum atomic E-state index is -1.41. The molecule has 12 nitrogen and oxygen atoms in total. The zero-order valence-electron chi connectivity index (χ0n) is 19.8. The van der Waals surface area contributed by atoms with Crippen LogP contribution in [-0.4, -0.2) is 75.4 Å². The number of hydrogen-bond donors (Lipinski definition) is 2. The molecule has 2 aromatic rings. The van der Waals surface area contributed by atoms with Crippen molar-refractivity contribution in [3.63, 3.8) is 0 Å².